The van der Waals surface area contributed by atoms with E-state index >= 15 is 0 Å². The zero-order valence-electron chi connectivity index (χ0n) is 31.8. The first-order valence-electron chi connectivity index (χ1n) is 16.9. The molecule has 1 amide bonds. The second-order valence-corrected chi connectivity index (χ2v) is 13.8. The molecule has 4 atom stereocenters. The Morgan fingerprint density at radius 2 is 1.11 bits per heavy atom. The fraction of sp³-hybridized carbons (Fsp3) is 0.611. The highest BCUT2D eigenvalue weighted by molar-refractivity contribution is 5.85. The molecule has 0 fully saturated rings. The van der Waals surface area contributed by atoms with Crippen molar-refractivity contribution >= 4 is 24.3 Å². The lowest BCUT2D eigenvalue weighted by Gasteiger charge is -2.26. The van der Waals surface area contributed by atoms with Crippen LogP contribution < -0.4 is 20.5 Å². The van der Waals surface area contributed by atoms with Crippen molar-refractivity contribution in [2.45, 2.75) is 117 Å². The highest BCUT2D eigenvalue weighted by atomic mass is 35.5. The van der Waals surface area contributed by atoms with Crippen LogP contribution in [0.2, 0.25) is 0 Å². The van der Waals surface area contributed by atoms with Crippen LogP contribution in [-0.2, 0) is 19.1 Å². The number of carbonyl (C=O) groups is 2. The van der Waals surface area contributed by atoms with Gasteiger partial charge in [0.1, 0.15) is 11.5 Å². The molecule has 2 aromatic rings. The van der Waals surface area contributed by atoms with Crippen LogP contribution >= 0.6 is 12.4 Å². The molecule has 0 aliphatic carbocycles. The maximum atomic E-state index is 12.4. The third-order valence-electron chi connectivity index (χ3n) is 6.89. The van der Waals surface area contributed by atoms with Crippen LogP contribution in [0, 0.1) is 11.8 Å². The molecule has 0 heterocycles. The zero-order valence-corrected chi connectivity index (χ0v) is 32.6. The molecule has 0 radical (unpaired) electrons. The van der Waals surface area contributed by atoms with Gasteiger partial charge in [-0.1, -0.05) is 52.0 Å². The topological polar surface area (TPSA) is 170 Å². The Bertz CT molecular complexity index is 1390. The Morgan fingerprint density at radius 1 is 0.696 bits per heavy atom. The molecule has 6 N–H and O–H groups in total. The first-order chi connectivity index (χ1) is 25.3. The van der Waals surface area contributed by atoms with Crippen LogP contribution in [0.15, 0.2) is 48.5 Å². The monoisotopic (exact) mass is 844 g/mol. The third kappa shape index (κ3) is 28.0. The number of benzene rings is 2. The van der Waals surface area contributed by atoms with E-state index in [0.717, 1.165) is 0 Å². The van der Waals surface area contributed by atoms with Gasteiger partial charge in [0.25, 0.3) is 0 Å². The summed E-state index contributed by atoms with van der Waals surface area (Å²) in [4.78, 5) is 22.5. The summed E-state index contributed by atoms with van der Waals surface area (Å²) in [7, 11) is 0. The van der Waals surface area contributed by atoms with E-state index in [1.165, 1.54) is 55.5 Å². The van der Waals surface area contributed by atoms with Gasteiger partial charge in [0.15, 0.2) is 0 Å². The average molecular weight is 845 g/mol. The van der Waals surface area contributed by atoms with E-state index in [4.69, 9.17) is 10.8 Å². The Labute approximate surface area is 327 Å². The summed E-state index contributed by atoms with van der Waals surface area (Å²) in [5.41, 5.74) is 3.85. The van der Waals surface area contributed by atoms with Gasteiger partial charge in [-0.15, -0.1) is 12.4 Å². The first-order valence-corrected chi connectivity index (χ1v) is 16.9. The van der Waals surface area contributed by atoms with Crippen molar-refractivity contribution in [3.63, 3.8) is 0 Å². The summed E-state index contributed by atoms with van der Waals surface area (Å²) in [5.74, 6) is -1.31. The van der Waals surface area contributed by atoms with Crippen LogP contribution in [0.4, 0.5) is 35.1 Å². The van der Waals surface area contributed by atoms with Crippen molar-refractivity contribution in [3.05, 3.63) is 59.7 Å². The largest absolute Gasteiger partial charge is 0.481 e. The number of carbonyl (C=O) groups excluding carboxylic acids is 1. The number of carboxylic acids is 1. The summed E-state index contributed by atoms with van der Waals surface area (Å²) in [5, 5.41) is 30.7. The minimum atomic E-state index is -3.06. The highest BCUT2D eigenvalue weighted by Crippen LogP contribution is 2.25. The number of amides is 1. The lowest BCUT2D eigenvalue weighted by Crippen LogP contribution is -2.38. The smallest absolute Gasteiger partial charge is 0.387 e. The van der Waals surface area contributed by atoms with Gasteiger partial charge < -0.3 is 45.3 Å². The van der Waals surface area contributed by atoms with Crippen molar-refractivity contribution in [1.29, 1.82) is 0 Å². The van der Waals surface area contributed by atoms with Crippen molar-refractivity contribution in [2.75, 3.05) is 13.2 Å². The molecule has 20 heteroatoms. The summed E-state index contributed by atoms with van der Waals surface area (Å²) in [6.07, 6.45) is 0.477. The number of ether oxygens (including phenoxy) is 4. The SMILES string of the molecule is CC(C)CC(C)(O)CC(=O)N[C@@H](COC(F)F)c1cccc(OC(F)F)c1.CC(C)CC(C)(O)CC(=O)O.Cl.N[C@@H](COC(F)F)c1cccc(OC(F)F)c1. The maximum Gasteiger partial charge on any atom is 0.387 e. The number of carboxylic acid groups (broad SMARTS) is 1. The number of aliphatic carboxylic acids is 1. The van der Waals surface area contributed by atoms with Crippen molar-refractivity contribution in [1.82, 2.24) is 5.32 Å². The summed E-state index contributed by atoms with van der Waals surface area (Å²) < 4.78 is 114. The molecule has 56 heavy (non-hydrogen) atoms. The molecule has 2 rings (SSSR count). The number of halogens is 9. The van der Waals surface area contributed by atoms with Crippen LogP contribution in [0.5, 0.6) is 11.5 Å². The third-order valence-corrected chi connectivity index (χ3v) is 6.89. The van der Waals surface area contributed by atoms with Crippen molar-refractivity contribution < 1.29 is 79.0 Å². The van der Waals surface area contributed by atoms with Gasteiger partial charge in [0, 0.05) is 0 Å². The quantitative estimate of drug-likeness (QED) is 0.0775. The van der Waals surface area contributed by atoms with E-state index in [1.54, 1.807) is 6.92 Å². The second kappa shape index (κ2) is 27.2. The highest BCUT2D eigenvalue weighted by Gasteiger charge is 2.28. The molecule has 324 valence electrons. The molecule has 0 aliphatic rings. The number of rotatable bonds is 21. The van der Waals surface area contributed by atoms with Crippen LogP contribution in [0.1, 0.15) is 90.4 Å². The van der Waals surface area contributed by atoms with Gasteiger partial charge in [-0.2, -0.15) is 35.1 Å². The zero-order chi connectivity index (χ0) is 42.5. The molecule has 0 saturated heterocycles. The number of hydrogen-bond donors (Lipinski definition) is 5. The van der Waals surface area contributed by atoms with Gasteiger partial charge in [-0.05, 0) is 73.9 Å². The molecule has 0 aromatic heterocycles. The Balaban J connectivity index is 0. The van der Waals surface area contributed by atoms with Crippen LogP contribution in [0.25, 0.3) is 0 Å². The first kappa shape index (κ1) is 54.6. The molecule has 0 saturated carbocycles. The van der Waals surface area contributed by atoms with E-state index < -0.39 is 74.8 Å². The van der Waals surface area contributed by atoms with E-state index in [1.807, 2.05) is 27.7 Å². The second-order valence-electron chi connectivity index (χ2n) is 13.8. The van der Waals surface area contributed by atoms with E-state index in [0.29, 0.717) is 24.3 Å². The van der Waals surface area contributed by atoms with Crippen LogP contribution in [0.3, 0.4) is 0 Å². The fourth-order valence-corrected chi connectivity index (χ4v) is 5.31. The normalized spacial score (nSPS) is 14.5. The van der Waals surface area contributed by atoms with E-state index in [2.05, 4.69) is 24.3 Å². The van der Waals surface area contributed by atoms with Gasteiger partial charge in [0.2, 0.25) is 5.91 Å². The number of hydrogen-bond acceptors (Lipinski definition) is 9. The molecular formula is C36H53ClF8N2O9. The summed E-state index contributed by atoms with van der Waals surface area (Å²) in [6.45, 7) is -2.20. The Hall–Kier alpha value is -3.49. The summed E-state index contributed by atoms with van der Waals surface area (Å²) in [6, 6.07) is 9.00. The maximum absolute atomic E-state index is 12.4. The Kier molecular flexibility index (Phi) is 26.5. The van der Waals surface area contributed by atoms with E-state index in [-0.39, 0.29) is 48.2 Å². The van der Waals surface area contributed by atoms with E-state index in [9.17, 15) is 54.9 Å². The predicted octanol–water partition coefficient (Wildman–Crippen LogP) is 8.08. The van der Waals surface area contributed by atoms with Gasteiger partial charge in [0.05, 0.1) is 49.3 Å². The predicted molar refractivity (Wildman–Crippen MR) is 192 cm³/mol. The number of nitrogens with two attached hydrogens (primary N) is 1. The minimum Gasteiger partial charge on any atom is -0.481 e. The molecule has 2 aromatic carbocycles. The van der Waals surface area contributed by atoms with Crippen LogP contribution in [-0.4, -0.2) is 78.1 Å². The van der Waals surface area contributed by atoms with Crippen molar-refractivity contribution in [2.24, 2.45) is 17.6 Å². The molecule has 0 aliphatic heterocycles. The molecular weight excluding hydrogens is 792 g/mol. The minimum absolute atomic E-state index is 0. The van der Waals surface area contributed by atoms with Gasteiger partial charge in [-0.25, -0.2) is 0 Å². The summed E-state index contributed by atoms with van der Waals surface area (Å²) >= 11 is 0. The fourth-order valence-electron chi connectivity index (χ4n) is 5.31. The standard InChI is InChI=1S/C18H25F4NO4.C10H11F4NO2.C8H16O3.ClH/c1-11(2)8-18(3,25)9-15(24)23-14(10-26-16(19)20)12-5-4-6-13(7-12)27-17(21)22;11-9(12)16-5-8(15)6-2-1-3-7(4-6)17-10(13)14;1-6(2)4-8(3,11)5-7(9)10;/h4-7,11,14,16-17,25H,8-10H2,1-3H3,(H,23,24);1-4,8-10H,5,15H2;6,11H,4-5H2,1-3H3,(H,9,10);1H/t14-,18?;8-;;/m00../s1. The molecule has 2 unspecified atom stereocenters. The molecule has 0 spiro atoms. The van der Waals surface area contributed by atoms with Crippen molar-refractivity contribution in [3.8, 4) is 11.5 Å². The average Bonchev–Trinajstić information content (AvgIpc) is 2.99. The number of aliphatic hydroxyl groups is 2. The van der Waals surface area contributed by atoms with Gasteiger partial charge in [-0.3, -0.25) is 9.59 Å². The number of nitrogens with one attached hydrogen (secondary N) is 1. The lowest BCUT2D eigenvalue weighted by atomic mass is 9.91. The molecule has 0 bridgehead atoms. The van der Waals surface area contributed by atoms with Gasteiger partial charge >= 0.3 is 32.4 Å². The number of alkyl halides is 8. The Morgan fingerprint density at radius 3 is 1.52 bits per heavy atom. The molecule has 11 nitrogen and oxygen atoms in total. The lowest BCUT2D eigenvalue weighted by molar-refractivity contribution is -0.142.